The molecule has 0 fully saturated rings. The second-order valence-electron chi connectivity index (χ2n) is 7.00. The van der Waals surface area contributed by atoms with E-state index in [1.54, 1.807) is 31.5 Å². The molecule has 0 aliphatic rings. The molecule has 0 atom stereocenters. The Hall–Kier alpha value is -3.65. The van der Waals surface area contributed by atoms with Crippen molar-refractivity contribution < 1.29 is 14.3 Å². The highest BCUT2D eigenvalue weighted by Gasteiger charge is 2.26. The number of nitrogens with zero attached hydrogens (tertiary/aromatic N) is 2. The number of ether oxygens (including phenoxy) is 1. The lowest BCUT2D eigenvalue weighted by Crippen LogP contribution is -2.12. The minimum absolute atomic E-state index is 0.0163. The van der Waals surface area contributed by atoms with Crippen molar-refractivity contribution in [3.8, 4) is 28.3 Å². The van der Waals surface area contributed by atoms with Crippen molar-refractivity contribution in [3.63, 3.8) is 0 Å². The van der Waals surface area contributed by atoms with E-state index in [1.807, 2.05) is 49.4 Å². The highest BCUT2D eigenvalue weighted by atomic mass is 16.5. The van der Waals surface area contributed by atoms with Crippen LogP contribution in [0.3, 0.4) is 0 Å². The summed E-state index contributed by atoms with van der Waals surface area (Å²) in [6, 6.07) is 17.4. The zero-order valence-corrected chi connectivity index (χ0v) is 17.7. The van der Waals surface area contributed by atoms with E-state index in [2.05, 4.69) is 6.07 Å². The molecular weight excluding hydrogens is 376 g/mol. The Balaban J connectivity index is 2.13. The Bertz CT molecular complexity index is 1150. The molecule has 0 radical (unpaired) electrons. The van der Waals surface area contributed by atoms with Crippen molar-refractivity contribution in [2.24, 2.45) is 7.05 Å². The first-order valence-corrected chi connectivity index (χ1v) is 9.93. The largest absolute Gasteiger partial charge is 0.461 e. The van der Waals surface area contributed by atoms with Gasteiger partial charge in [0.1, 0.15) is 11.8 Å². The maximum absolute atomic E-state index is 12.7. The van der Waals surface area contributed by atoms with Gasteiger partial charge in [-0.15, -0.1) is 0 Å². The third kappa shape index (κ3) is 3.77. The number of ketones is 1. The van der Waals surface area contributed by atoms with Crippen LogP contribution in [0.1, 0.15) is 52.9 Å². The molecule has 3 aromatic rings. The van der Waals surface area contributed by atoms with E-state index in [0.29, 0.717) is 28.8 Å². The Morgan fingerprint density at radius 1 is 1.03 bits per heavy atom. The van der Waals surface area contributed by atoms with E-state index in [1.165, 1.54) is 0 Å². The smallest absolute Gasteiger partial charge is 0.355 e. The molecule has 152 valence electrons. The zero-order valence-electron chi connectivity index (χ0n) is 17.7. The van der Waals surface area contributed by atoms with Crippen LogP contribution >= 0.6 is 0 Å². The fraction of sp³-hybridized carbons (Fsp3) is 0.240. The second-order valence-corrected chi connectivity index (χ2v) is 7.00. The fourth-order valence-corrected chi connectivity index (χ4v) is 3.73. The van der Waals surface area contributed by atoms with E-state index >= 15 is 0 Å². The summed E-state index contributed by atoms with van der Waals surface area (Å²) in [6.45, 7) is 5.53. The molecule has 0 saturated carbocycles. The summed E-state index contributed by atoms with van der Waals surface area (Å²) in [4.78, 5) is 24.3. The Kier molecular flexibility index (Phi) is 6.17. The Morgan fingerprint density at radius 2 is 1.70 bits per heavy atom. The minimum atomic E-state index is -0.440. The zero-order chi connectivity index (χ0) is 21.8. The Labute approximate surface area is 176 Å². The number of esters is 1. The molecule has 5 nitrogen and oxygen atoms in total. The summed E-state index contributed by atoms with van der Waals surface area (Å²) < 4.78 is 7.02. The van der Waals surface area contributed by atoms with Crippen LogP contribution in [0, 0.1) is 11.3 Å². The molecule has 3 rings (SSSR count). The molecule has 0 unspecified atom stereocenters. The van der Waals surface area contributed by atoms with E-state index in [0.717, 1.165) is 22.4 Å². The average molecular weight is 400 g/mol. The van der Waals surface area contributed by atoms with Crippen LogP contribution < -0.4 is 0 Å². The molecule has 30 heavy (non-hydrogen) atoms. The van der Waals surface area contributed by atoms with Crippen molar-refractivity contribution in [2.45, 2.75) is 27.2 Å². The molecule has 0 bridgehead atoms. The fourth-order valence-electron chi connectivity index (χ4n) is 3.73. The van der Waals surface area contributed by atoms with E-state index < -0.39 is 5.97 Å². The highest BCUT2D eigenvalue weighted by Crippen LogP contribution is 2.34. The summed E-state index contributed by atoms with van der Waals surface area (Å²) in [5, 5.41) is 9.81. The second kappa shape index (κ2) is 8.79. The van der Waals surface area contributed by atoms with Gasteiger partial charge in [-0.25, -0.2) is 4.79 Å². The number of aromatic nitrogens is 1. The number of hydrogen-bond donors (Lipinski definition) is 0. The van der Waals surface area contributed by atoms with E-state index in [-0.39, 0.29) is 12.4 Å². The molecule has 2 aromatic carbocycles. The van der Waals surface area contributed by atoms with Gasteiger partial charge in [-0.05, 0) is 43.0 Å². The third-order valence-corrected chi connectivity index (χ3v) is 5.21. The van der Waals surface area contributed by atoms with Gasteiger partial charge in [-0.3, -0.25) is 4.79 Å². The van der Waals surface area contributed by atoms with E-state index in [4.69, 9.17) is 4.74 Å². The van der Waals surface area contributed by atoms with Crippen LogP contribution in [-0.4, -0.2) is 22.9 Å². The standard InChI is InChI=1S/C25H24N2O3/c1-5-22-21(15-26)23(24(27(22)4)25(29)30-6-2)18-12-10-17(11-13-18)20-9-7-8-19(14-20)16(3)28/h7-14H,5-6H2,1-4H3. The molecule has 0 N–H and O–H groups in total. The van der Waals surface area contributed by atoms with Gasteiger partial charge >= 0.3 is 5.97 Å². The molecule has 0 saturated heterocycles. The lowest BCUT2D eigenvalue weighted by Gasteiger charge is -2.09. The van der Waals surface area contributed by atoms with Crippen molar-refractivity contribution in [1.82, 2.24) is 4.57 Å². The van der Waals surface area contributed by atoms with Gasteiger partial charge in [0, 0.05) is 23.9 Å². The number of rotatable bonds is 6. The molecule has 0 spiro atoms. The van der Waals surface area contributed by atoms with Gasteiger partial charge in [0.25, 0.3) is 0 Å². The van der Waals surface area contributed by atoms with Crippen molar-refractivity contribution in [3.05, 3.63) is 71.0 Å². The maximum Gasteiger partial charge on any atom is 0.355 e. The number of carbonyl (C=O) groups excluding carboxylic acids is 2. The predicted molar refractivity (Wildman–Crippen MR) is 116 cm³/mol. The summed E-state index contributed by atoms with van der Waals surface area (Å²) in [6.07, 6.45) is 0.627. The molecule has 0 amide bonds. The first kappa shape index (κ1) is 21.1. The number of benzene rings is 2. The lowest BCUT2D eigenvalue weighted by molar-refractivity contribution is 0.0516. The van der Waals surface area contributed by atoms with E-state index in [9.17, 15) is 14.9 Å². The van der Waals surface area contributed by atoms with Crippen LogP contribution in [0.15, 0.2) is 48.5 Å². The van der Waals surface area contributed by atoms with Gasteiger partial charge in [0.2, 0.25) is 0 Å². The first-order valence-electron chi connectivity index (χ1n) is 9.93. The van der Waals surface area contributed by atoms with Crippen molar-refractivity contribution in [2.75, 3.05) is 6.61 Å². The van der Waals surface area contributed by atoms with Crippen LogP contribution in [0.4, 0.5) is 0 Å². The van der Waals surface area contributed by atoms with Gasteiger partial charge in [0.05, 0.1) is 12.2 Å². The monoisotopic (exact) mass is 400 g/mol. The maximum atomic E-state index is 12.7. The molecular formula is C25H24N2O3. The highest BCUT2D eigenvalue weighted by molar-refractivity contribution is 5.99. The molecule has 0 aliphatic carbocycles. The predicted octanol–water partition coefficient (Wildman–Crippen LogP) is 5.17. The molecule has 1 heterocycles. The van der Waals surface area contributed by atoms with Gasteiger partial charge in [0.15, 0.2) is 5.78 Å². The van der Waals surface area contributed by atoms with Crippen LogP contribution in [-0.2, 0) is 18.2 Å². The molecule has 1 aromatic heterocycles. The lowest BCUT2D eigenvalue weighted by atomic mass is 9.96. The number of hydrogen-bond acceptors (Lipinski definition) is 4. The van der Waals surface area contributed by atoms with Gasteiger partial charge in [-0.1, -0.05) is 49.4 Å². The number of Topliss-reactive ketones (excluding diaryl/α,β-unsaturated/α-hetero) is 1. The first-order chi connectivity index (χ1) is 14.4. The number of nitriles is 1. The summed E-state index contributed by atoms with van der Waals surface area (Å²) >= 11 is 0. The average Bonchev–Trinajstić information content (AvgIpc) is 3.05. The number of carbonyl (C=O) groups is 2. The third-order valence-electron chi connectivity index (χ3n) is 5.21. The quantitative estimate of drug-likeness (QED) is 0.423. The summed E-state index contributed by atoms with van der Waals surface area (Å²) in [5.41, 5.74) is 5.59. The minimum Gasteiger partial charge on any atom is -0.461 e. The normalized spacial score (nSPS) is 10.5. The van der Waals surface area contributed by atoms with Gasteiger partial charge in [-0.2, -0.15) is 5.26 Å². The summed E-state index contributed by atoms with van der Waals surface area (Å²) in [5.74, 6) is -0.424. The topological polar surface area (TPSA) is 72.1 Å². The molecule has 5 heteroatoms. The van der Waals surface area contributed by atoms with Crippen LogP contribution in [0.25, 0.3) is 22.3 Å². The molecule has 0 aliphatic heterocycles. The SMILES string of the molecule is CCOC(=O)c1c(-c2ccc(-c3cccc(C(C)=O)c3)cc2)c(C#N)c(CC)n1C. The Morgan fingerprint density at radius 3 is 2.27 bits per heavy atom. The summed E-state index contributed by atoms with van der Waals surface area (Å²) in [7, 11) is 1.79. The van der Waals surface area contributed by atoms with Gasteiger partial charge < -0.3 is 9.30 Å². The van der Waals surface area contributed by atoms with Crippen LogP contribution in [0.2, 0.25) is 0 Å². The van der Waals surface area contributed by atoms with Crippen molar-refractivity contribution >= 4 is 11.8 Å². The van der Waals surface area contributed by atoms with Crippen molar-refractivity contribution in [1.29, 1.82) is 5.26 Å². The van der Waals surface area contributed by atoms with Crippen LogP contribution in [0.5, 0.6) is 0 Å².